The molecule has 0 bridgehead atoms. The highest BCUT2D eigenvalue weighted by molar-refractivity contribution is 6.32. The molecule has 0 amide bonds. The summed E-state index contributed by atoms with van der Waals surface area (Å²) < 4.78 is 5.98. The number of halogens is 2. The molecule has 2 aromatic carbocycles. The molecule has 0 saturated heterocycles. The van der Waals surface area contributed by atoms with Crippen molar-refractivity contribution in [1.82, 2.24) is 5.32 Å². The molecule has 0 aromatic heterocycles. The number of para-hydroxylation sites is 1. The van der Waals surface area contributed by atoms with Gasteiger partial charge < -0.3 is 10.1 Å². The molecule has 2 aromatic rings. The first-order valence-electron chi connectivity index (χ1n) is 7.04. The Morgan fingerprint density at radius 3 is 2.62 bits per heavy atom. The fourth-order valence-electron chi connectivity index (χ4n) is 2.01. The largest absolute Gasteiger partial charge is 0.455 e. The van der Waals surface area contributed by atoms with Crippen LogP contribution in [0.25, 0.3) is 0 Å². The monoisotopic (exact) mass is 323 g/mol. The molecule has 0 spiro atoms. The minimum absolute atomic E-state index is 0.610. The first-order chi connectivity index (χ1) is 10.1. The number of aryl methyl sites for hydroxylation is 1. The van der Waals surface area contributed by atoms with Crippen LogP contribution in [-0.2, 0) is 6.54 Å². The van der Waals surface area contributed by atoms with Crippen molar-refractivity contribution >= 4 is 23.2 Å². The van der Waals surface area contributed by atoms with Gasteiger partial charge >= 0.3 is 0 Å². The third kappa shape index (κ3) is 4.37. The molecule has 4 heteroatoms. The molecule has 0 atom stereocenters. The lowest BCUT2D eigenvalue weighted by Gasteiger charge is -2.14. The second-order valence-corrected chi connectivity index (χ2v) is 5.73. The summed E-state index contributed by atoms with van der Waals surface area (Å²) in [5.41, 5.74) is 2.02. The maximum Gasteiger partial charge on any atom is 0.150 e. The third-order valence-electron chi connectivity index (χ3n) is 3.14. The van der Waals surface area contributed by atoms with Crippen LogP contribution in [0, 0.1) is 6.92 Å². The number of hydrogen-bond donors (Lipinski definition) is 1. The summed E-state index contributed by atoms with van der Waals surface area (Å²) in [5, 5.41) is 4.70. The van der Waals surface area contributed by atoms with Crippen LogP contribution in [0.5, 0.6) is 11.5 Å². The number of nitrogens with one attached hydrogen (secondary N) is 1. The van der Waals surface area contributed by atoms with Crippen molar-refractivity contribution in [3.63, 3.8) is 0 Å². The molecule has 112 valence electrons. The maximum atomic E-state index is 6.28. The molecule has 0 fully saturated rings. The van der Waals surface area contributed by atoms with E-state index in [1.807, 2.05) is 43.3 Å². The smallest absolute Gasteiger partial charge is 0.150 e. The summed E-state index contributed by atoms with van der Waals surface area (Å²) >= 11 is 12.3. The van der Waals surface area contributed by atoms with E-state index in [9.17, 15) is 0 Å². The van der Waals surface area contributed by atoms with Crippen LogP contribution < -0.4 is 10.1 Å². The van der Waals surface area contributed by atoms with Gasteiger partial charge in [-0.25, -0.2) is 0 Å². The SMILES string of the molecule is CCCNCc1cccc(Cl)c1Oc1ccc(Cl)c(C)c1. The van der Waals surface area contributed by atoms with Crippen LogP contribution >= 0.6 is 23.2 Å². The van der Waals surface area contributed by atoms with E-state index in [1.165, 1.54) is 0 Å². The van der Waals surface area contributed by atoms with Crippen molar-refractivity contribution in [2.24, 2.45) is 0 Å². The summed E-state index contributed by atoms with van der Waals surface area (Å²) in [4.78, 5) is 0. The van der Waals surface area contributed by atoms with Crippen molar-refractivity contribution in [3.05, 3.63) is 57.6 Å². The Morgan fingerprint density at radius 2 is 1.90 bits per heavy atom. The molecule has 0 radical (unpaired) electrons. The molecule has 0 unspecified atom stereocenters. The summed E-state index contributed by atoms with van der Waals surface area (Å²) in [6.07, 6.45) is 1.09. The van der Waals surface area contributed by atoms with Crippen molar-refractivity contribution in [2.45, 2.75) is 26.8 Å². The lowest BCUT2D eigenvalue weighted by Crippen LogP contribution is -2.14. The molecule has 2 rings (SSSR count). The van der Waals surface area contributed by atoms with Crippen LogP contribution in [0.2, 0.25) is 10.0 Å². The number of hydrogen-bond acceptors (Lipinski definition) is 2. The van der Waals surface area contributed by atoms with Gasteiger partial charge in [-0.15, -0.1) is 0 Å². The molecule has 0 saturated carbocycles. The molecular weight excluding hydrogens is 305 g/mol. The van der Waals surface area contributed by atoms with E-state index >= 15 is 0 Å². The second kappa shape index (κ2) is 7.69. The maximum absolute atomic E-state index is 6.28. The van der Waals surface area contributed by atoms with Crippen LogP contribution in [0.1, 0.15) is 24.5 Å². The van der Waals surface area contributed by atoms with E-state index in [2.05, 4.69) is 12.2 Å². The lowest BCUT2D eigenvalue weighted by molar-refractivity contribution is 0.472. The standard InChI is InChI=1S/C17H19Cl2NO/c1-3-9-20-11-13-5-4-6-16(19)17(13)21-14-7-8-15(18)12(2)10-14/h4-8,10,20H,3,9,11H2,1-2H3. The highest BCUT2D eigenvalue weighted by atomic mass is 35.5. The molecule has 0 aliphatic rings. The van der Waals surface area contributed by atoms with Gasteiger partial charge in [0.15, 0.2) is 0 Å². The van der Waals surface area contributed by atoms with E-state index in [4.69, 9.17) is 27.9 Å². The van der Waals surface area contributed by atoms with Crippen LogP contribution in [-0.4, -0.2) is 6.54 Å². The predicted molar refractivity (Wildman–Crippen MR) is 89.7 cm³/mol. The van der Waals surface area contributed by atoms with Gasteiger partial charge in [0.1, 0.15) is 11.5 Å². The molecule has 0 aliphatic heterocycles. The van der Waals surface area contributed by atoms with Crippen molar-refractivity contribution < 1.29 is 4.74 Å². The van der Waals surface area contributed by atoms with Crippen molar-refractivity contribution in [1.29, 1.82) is 0 Å². The lowest BCUT2D eigenvalue weighted by atomic mass is 10.2. The van der Waals surface area contributed by atoms with E-state index in [-0.39, 0.29) is 0 Å². The average Bonchev–Trinajstić information content (AvgIpc) is 2.46. The molecule has 1 N–H and O–H groups in total. The minimum Gasteiger partial charge on any atom is -0.455 e. The van der Waals surface area contributed by atoms with E-state index < -0.39 is 0 Å². The van der Waals surface area contributed by atoms with Gasteiger partial charge in [-0.3, -0.25) is 0 Å². The van der Waals surface area contributed by atoms with Crippen molar-refractivity contribution in [2.75, 3.05) is 6.54 Å². The van der Waals surface area contributed by atoms with Gasteiger partial charge in [0.05, 0.1) is 5.02 Å². The first kappa shape index (κ1) is 16.2. The predicted octanol–water partition coefficient (Wildman–Crippen LogP) is 5.59. The Morgan fingerprint density at radius 1 is 1.10 bits per heavy atom. The quantitative estimate of drug-likeness (QED) is 0.699. The van der Waals surface area contributed by atoms with Gasteiger partial charge in [-0.1, -0.05) is 42.3 Å². The Bertz CT molecular complexity index is 614. The van der Waals surface area contributed by atoms with Gasteiger partial charge in [0.2, 0.25) is 0 Å². The zero-order valence-corrected chi connectivity index (χ0v) is 13.8. The summed E-state index contributed by atoms with van der Waals surface area (Å²) in [6.45, 7) is 5.78. The summed E-state index contributed by atoms with van der Waals surface area (Å²) in [5.74, 6) is 1.44. The van der Waals surface area contributed by atoms with Crippen LogP contribution in [0.4, 0.5) is 0 Å². The average molecular weight is 324 g/mol. The normalized spacial score (nSPS) is 10.7. The van der Waals surface area contributed by atoms with Gasteiger partial charge in [0.25, 0.3) is 0 Å². The van der Waals surface area contributed by atoms with Crippen LogP contribution in [0.15, 0.2) is 36.4 Å². The molecule has 0 heterocycles. The van der Waals surface area contributed by atoms with Gasteiger partial charge in [0, 0.05) is 17.1 Å². The van der Waals surface area contributed by atoms with E-state index in [0.29, 0.717) is 10.8 Å². The molecule has 0 aliphatic carbocycles. The van der Waals surface area contributed by atoms with Crippen molar-refractivity contribution in [3.8, 4) is 11.5 Å². The second-order valence-electron chi connectivity index (χ2n) is 4.92. The zero-order chi connectivity index (χ0) is 15.2. The fraction of sp³-hybridized carbons (Fsp3) is 0.294. The topological polar surface area (TPSA) is 21.3 Å². The summed E-state index contributed by atoms with van der Waals surface area (Å²) in [6, 6.07) is 11.4. The highest BCUT2D eigenvalue weighted by Crippen LogP contribution is 2.34. The number of rotatable bonds is 6. The van der Waals surface area contributed by atoms with E-state index in [1.54, 1.807) is 0 Å². The Labute approximate surface area is 136 Å². The fourth-order valence-corrected chi connectivity index (χ4v) is 2.36. The molecule has 21 heavy (non-hydrogen) atoms. The number of benzene rings is 2. The molecule has 2 nitrogen and oxygen atoms in total. The highest BCUT2D eigenvalue weighted by Gasteiger charge is 2.10. The third-order valence-corrected chi connectivity index (χ3v) is 3.86. The van der Waals surface area contributed by atoms with Gasteiger partial charge in [-0.2, -0.15) is 0 Å². The zero-order valence-electron chi connectivity index (χ0n) is 12.2. The Hall–Kier alpha value is -1.22. The molecular formula is C17H19Cl2NO. The minimum atomic E-state index is 0.610. The van der Waals surface area contributed by atoms with E-state index in [0.717, 1.165) is 41.4 Å². The summed E-state index contributed by atoms with van der Waals surface area (Å²) in [7, 11) is 0. The first-order valence-corrected chi connectivity index (χ1v) is 7.79. The Balaban J connectivity index is 2.23. The van der Waals surface area contributed by atoms with Crippen LogP contribution in [0.3, 0.4) is 0 Å². The Kier molecular flexibility index (Phi) is 5.92. The van der Waals surface area contributed by atoms with Gasteiger partial charge in [-0.05, 0) is 49.7 Å². The number of ether oxygens (including phenoxy) is 1.